The third-order valence-corrected chi connectivity index (χ3v) is 9.60. The molecule has 1 aromatic carbocycles. The first-order valence-electron chi connectivity index (χ1n) is 10.7. The van der Waals surface area contributed by atoms with Gasteiger partial charge in [-0.1, -0.05) is 12.1 Å². The molecule has 9 heteroatoms. The minimum absolute atomic E-state index is 0.181. The molecule has 0 radical (unpaired) electrons. The van der Waals surface area contributed by atoms with E-state index in [9.17, 15) is 17.7 Å². The van der Waals surface area contributed by atoms with Crippen LogP contribution >= 0.6 is 7.14 Å². The van der Waals surface area contributed by atoms with Crippen LogP contribution in [0.1, 0.15) is 54.0 Å². The molecular formula is C23H26F3N4OP. The van der Waals surface area contributed by atoms with Crippen molar-refractivity contribution in [2.24, 2.45) is 0 Å². The molecule has 0 bridgehead atoms. The first-order chi connectivity index (χ1) is 15.0. The predicted octanol–water partition coefficient (Wildman–Crippen LogP) is 5.92. The number of pyridine rings is 1. The third-order valence-electron chi connectivity index (χ3n) is 6.19. The highest BCUT2D eigenvalue weighted by atomic mass is 31.2. The summed E-state index contributed by atoms with van der Waals surface area (Å²) in [6.45, 7) is 6.88. The number of hydrogen-bond acceptors (Lipinski definition) is 5. The fourth-order valence-corrected chi connectivity index (χ4v) is 7.74. The van der Waals surface area contributed by atoms with Gasteiger partial charge in [-0.2, -0.15) is 13.2 Å². The van der Waals surface area contributed by atoms with Gasteiger partial charge in [-0.05, 0) is 63.8 Å². The van der Waals surface area contributed by atoms with Gasteiger partial charge in [-0.25, -0.2) is 15.0 Å². The van der Waals surface area contributed by atoms with Crippen LogP contribution in [0.2, 0.25) is 0 Å². The molecule has 32 heavy (non-hydrogen) atoms. The lowest BCUT2D eigenvalue weighted by Crippen LogP contribution is -2.17. The van der Waals surface area contributed by atoms with Crippen molar-refractivity contribution in [2.75, 3.05) is 17.6 Å². The number of fused-ring (bicyclic) bond motifs is 1. The van der Waals surface area contributed by atoms with E-state index in [0.717, 1.165) is 24.2 Å². The van der Waals surface area contributed by atoms with Crippen LogP contribution in [0.5, 0.6) is 0 Å². The maximum absolute atomic E-state index is 13.5. The number of halogens is 3. The van der Waals surface area contributed by atoms with E-state index in [1.165, 1.54) is 13.0 Å². The van der Waals surface area contributed by atoms with Crippen LogP contribution in [-0.2, 0) is 10.7 Å². The summed E-state index contributed by atoms with van der Waals surface area (Å²) in [7, 11) is -2.49. The molecule has 1 N–H and O–H groups in total. The molecule has 1 saturated heterocycles. The van der Waals surface area contributed by atoms with Gasteiger partial charge in [0.2, 0.25) is 0 Å². The number of rotatable bonds is 4. The van der Waals surface area contributed by atoms with Crippen molar-refractivity contribution in [1.29, 1.82) is 0 Å². The Morgan fingerprint density at radius 1 is 1.06 bits per heavy atom. The fraction of sp³-hybridized carbons (Fsp3) is 0.435. The Morgan fingerprint density at radius 2 is 1.75 bits per heavy atom. The highest BCUT2D eigenvalue weighted by Gasteiger charge is 2.34. The summed E-state index contributed by atoms with van der Waals surface area (Å²) in [5, 5.41) is 4.66. The van der Waals surface area contributed by atoms with E-state index in [2.05, 4.69) is 20.3 Å². The summed E-state index contributed by atoms with van der Waals surface area (Å²) in [4.78, 5) is 13.6. The second kappa shape index (κ2) is 8.14. The number of nitrogens with zero attached hydrogens (tertiary/aromatic N) is 3. The van der Waals surface area contributed by atoms with Crippen LogP contribution in [0, 0.1) is 20.8 Å². The van der Waals surface area contributed by atoms with Gasteiger partial charge < -0.3 is 9.88 Å². The molecule has 2 aromatic heterocycles. The first kappa shape index (κ1) is 22.7. The zero-order valence-corrected chi connectivity index (χ0v) is 19.4. The number of aryl methyl sites for hydroxylation is 2. The van der Waals surface area contributed by atoms with E-state index >= 15 is 0 Å². The molecule has 0 aliphatic carbocycles. The minimum atomic E-state index is -4.41. The average molecular weight is 462 g/mol. The van der Waals surface area contributed by atoms with Crippen LogP contribution in [0.3, 0.4) is 0 Å². The highest BCUT2D eigenvalue weighted by molar-refractivity contribution is 7.72. The van der Waals surface area contributed by atoms with Gasteiger partial charge in [-0.15, -0.1) is 0 Å². The smallest absolute Gasteiger partial charge is 0.363 e. The number of aromatic nitrogens is 3. The molecule has 170 valence electrons. The van der Waals surface area contributed by atoms with Gasteiger partial charge in [0, 0.05) is 17.6 Å². The van der Waals surface area contributed by atoms with Crippen molar-refractivity contribution in [2.45, 2.75) is 52.8 Å². The van der Waals surface area contributed by atoms with Crippen LogP contribution in [0.25, 0.3) is 11.0 Å². The van der Waals surface area contributed by atoms with Crippen molar-refractivity contribution in [3.63, 3.8) is 0 Å². The molecule has 5 nitrogen and oxygen atoms in total. The zero-order chi connectivity index (χ0) is 23.3. The molecule has 0 saturated carbocycles. The first-order valence-corrected chi connectivity index (χ1v) is 12.8. The number of anilines is 1. The van der Waals surface area contributed by atoms with Crippen molar-refractivity contribution in [1.82, 2.24) is 15.0 Å². The highest BCUT2D eigenvalue weighted by Crippen LogP contribution is 2.51. The Bertz CT molecular complexity index is 1230. The van der Waals surface area contributed by atoms with Gasteiger partial charge in [0.05, 0.1) is 22.7 Å². The van der Waals surface area contributed by atoms with E-state index < -0.39 is 24.9 Å². The number of benzene rings is 1. The molecule has 1 fully saturated rings. The Balaban J connectivity index is 1.79. The molecule has 4 rings (SSSR count). The maximum Gasteiger partial charge on any atom is 0.416 e. The van der Waals surface area contributed by atoms with Gasteiger partial charge in [0.25, 0.3) is 0 Å². The number of hydrogen-bond donors (Lipinski definition) is 1. The Hall–Kier alpha value is -2.47. The molecule has 0 amide bonds. The normalized spacial score (nSPS) is 17.0. The quantitative estimate of drug-likeness (QED) is 0.487. The van der Waals surface area contributed by atoms with E-state index in [-0.39, 0.29) is 5.56 Å². The van der Waals surface area contributed by atoms with Gasteiger partial charge in [0.1, 0.15) is 18.8 Å². The maximum atomic E-state index is 13.5. The lowest BCUT2D eigenvalue weighted by atomic mass is 9.97. The van der Waals surface area contributed by atoms with E-state index in [0.29, 0.717) is 46.3 Å². The minimum Gasteiger partial charge on any atom is -0.363 e. The second-order valence-corrected chi connectivity index (χ2v) is 11.7. The van der Waals surface area contributed by atoms with Crippen LogP contribution in [0.15, 0.2) is 24.3 Å². The van der Waals surface area contributed by atoms with Crippen LogP contribution in [0.4, 0.5) is 19.0 Å². The lowest BCUT2D eigenvalue weighted by molar-refractivity contribution is -0.138. The Labute approximate surface area is 185 Å². The summed E-state index contributed by atoms with van der Waals surface area (Å²) in [5.74, 6) is 0.983. The van der Waals surface area contributed by atoms with Crippen LogP contribution < -0.4 is 10.6 Å². The summed E-state index contributed by atoms with van der Waals surface area (Å²) in [6.07, 6.45) is -1.18. The Morgan fingerprint density at radius 3 is 2.41 bits per heavy atom. The molecular weight excluding hydrogens is 436 g/mol. The average Bonchev–Trinajstić information content (AvgIpc) is 3.13. The summed E-state index contributed by atoms with van der Waals surface area (Å²) < 4.78 is 53.6. The third kappa shape index (κ3) is 4.13. The topological polar surface area (TPSA) is 67.8 Å². The second-order valence-electron chi connectivity index (χ2n) is 8.51. The summed E-state index contributed by atoms with van der Waals surface area (Å²) in [6, 6.07) is 5.62. The van der Waals surface area contributed by atoms with Crippen LogP contribution in [-0.4, -0.2) is 27.3 Å². The molecule has 3 aromatic rings. The van der Waals surface area contributed by atoms with E-state index in [1.54, 1.807) is 19.9 Å². The van der Waals surface area contributed by atoms with Crippen molar-refractivity contribution < 1.29 is 17.7 Å². The molecule has 0 unspecified atom stereocenters. The number of nitrogens with one attached hydrogen (secondary N) is 1. The van der Waals surface area contributed by atoms with Gasteiger partial charge in [-0.3, -0.25) is 0 Å². The number of alkyl halides is 3. The van der Waals surface area contributed by atoms with Gasteiger partial charge >= 0.3 is 6.18 Å². The molecule has 1 aliphatic rings. The summed E-state index contributed by atoms with van der Waals surface area (Å²) >= 11 is 0. The van der Waals surface area contributed by atoms with E-state index in [1.807, 2.05) is 13.0 Å². The molecule has 1 atom stereocenters. The van der Waals surface area contributed by atoms with Crippen molar-refractivity contribution in [3.8, 4) is 0 Å². The Kier molecular flexibility index (Phi) is 5.78. The standard InChI is InChI=1S/C23H26F3N4OP/c1-13-17(8-7-9-19(13)23(24,25)26)14(2)27-21-18-12-20(32(31)10-5-6-11-32)15(3)28-22(18)30-16(4)29-21/h7-9,12,14H,5-6,10-11H2,1-4H3,(H,27,28,29,30)/t14-/m1/s1. The molecule has 1 aliphatic heterocycles. The largest absolute Gasteiger partial charge is 0.416 e. The predicted molar refractivity (Wildman–Crippen MR) is 121 cm³/mol. The SMILES string of the molecule is Cc1nc(N[C@H](C)c2cccc(C(F)(F)F)c2C)c2cc(P3(=O)CCCC3)c(C)nc2n1. The lowest BCUT2D eigenvalue weighted by Gasteiger charge is -2.21. The zero-order valence-electron chi connectivity index (χ0n) is 18.5. The summed E-state index contributed by atoms with van der Waals surface area (Å²) in [5.41, 5.74) is 1.27. The fourth-order valence-electron chi connectivity index (χ4n) is 4.56. The van der Waals surface area contributed by atoms with E-state index in [4.69, 9.17) is 0 Å². The molecule has 0 spiro atoms. The van der Waals surface area contributed by atoms with Crippen molar-refractivity contribution >= 4 is 29.3 Å². The monoisotopic (exact) mass is 462 g/mol. The van der Waals surface area contributed by atoms with Crippen molar-refractivity contribution in [3.05, 3.63) is 52.5 Å². The van der Waals surface area contributed by atoms with Gasteiger partial charge in [0.15, 0.2) is 5.65 Å². The molecule has 3 heterocycles.